The smallest absolute Gasteiger partial charge is 0.312 e. The Bertz CT molecular complexity index is 640. The summed E-state index contributed by atoms with van der Waals surface area (Å²) in [5.41, 5.74) is 0.581. The van der Waals surface area contributed by atoms with Crippen molar-refractivity contribution in [2.75, 3.05) is 11.4 Å². The summed E-state index contributed by atoms with van der Waals surface area (Å²) in [6.45, 7) is 4.71. The molecule has 0 unspecified atom stereocenters. The van der Waals surface area contributed by atoms with Gasteiger partial charge < -0.3 is 5.32 Å². The SMILES string of the molecule is C=C(C)NC(=O)N1CC(=O)N(c2cc(Cl)cc(Cl)c2)C1=O. The summed E-state index contributed by atoms with van der Waals surface area (Å²) in [4.78, 5) is 37.7. The molecule has 21 heavy (non-hydrogen) atoms. The lowest BCUT2D eigenvalue weighted by Crippen LogP contribution is -2.42. The number of hydrogen-bond acceptors (Lipinski definition) is 3. The Hall–Kier alpha value is -2.05. The van der Waals surface area contributed by atoms with E-state index in [4.69, 9.17) is 23.2 Å². The third kappa shape index (κ3) is 3.17. The van der Waals surface area contributed by atoms with Gasteiger partial charge in [-0.3, -0.25) is 4.79 Å². The molecule has 1 fully saturated rings. The quantitative estimate of drug-likeness (QED) is 0.849. The molecule has 1 N–H and O–H groups in total. The van der Waals surface area contributed by atoms with E-state index in [9.17, 15) is 14.4 Å². The average Bonchev–Trinajstić information content (AvgIpc) is 2.62. The second-order valence-electron chi connectivity index (χ2n) is 4.44. The van der Waals surface area contributed by atoms with E-state index in [-0.39, 0.29) is 22.3 Å². The van der Waals surface area contributed by atoms with E-state index < -0.39 is 18.0 Å². The van der Waals surface area contributed by atoms with E-state index in [1.807, 2.05) is 0 Å². The molecule has 1 heterocycles. The van der Waals surface area contributed by atoms with Crippen LogP contribution in [0.2, 0.25) is 10.0 Å². The summed E-state index contributed by atoms with van der Waals surface area (Å²) < 4.78 is 0. The van der Waals surface area contributed by atoms with Crippen molar-refractivity contribution in [3.05, 3.63) is 40.5 Å². The first kappa shape index (κ1) is 15.3. The minimum absolute atomic E-state index is 0.216. The second-order valence-corrected chi connectivity index (χ2v) is 5.31. The number of benzene rings is 1. The number of imide groups is 2. The minimum atomic E-state index is -0.767. The third-order valence-electron chi connectivity index (χ3n) is 2.64. The van der Waals surface area contributed by atoms with Crippen molar-refractivity contribution in [1.29, 1.82) is 0 Å². The summed E-state index contributed by atoms with van der Waals surface area (Å²) in [5.74, 6) is -0.546. The minimum Gasteiger partial charge on any atom is -0.312 e. The Morgan fingerprint density at radius 1 is 1.24 bits per heavy atom. The zero-order valence-corrected chi connectivity index (χ0v) is 12.5. The summed E-state index contributed by atoms with van der Waals surface area (Å²) in [6, 6.07) is 2.84. The molecule has 0 bridgehead atoms. The average molecular weight is 328 g/mol. The predicted molar refractivity (Wildman–Crippen MR) is 79.4 cm³/mol. The highest BCUT2D eigenvalue weighted by Crippen LogP contribution is 2.28. The van der Waals surface area contributed by atoms with Crippen molar-refractivity contribution < 1.29 is 14.4 Å². The van der Waals surface area contributed by atoms with Crippen LogP contribution in [0.15, 0.2) is 30.5 Å². The fourth-order valence-corrected chi connectivity index (χ4v) is 2.35. The van der Waals surface area contributed by atoms with E-state index in [1.54, 1.807) is 6.92 Å². The van der Waals surface area contributed by atoms with Crippen LogP contribution in [0.3, 0.4) is 0 Å². The van der Waals surface area contributed by atoms with Crippen LogP contribution in [0.4, 0.5) is 15.3 Å². The number of carbonyl (C=O) groups excluding carboxylic acids is 3. The zero-order valence-electron chi connectivity index (χ0n) is 11.0. The number of urea groups is 2. The van der Waals surface area contributed by atoms with Crippen molar-refractivity contribution in [2.24, 2.45) is 0 Å². The van der Waals surface area contributed by atoms with Crippen molar-refractivity contribution in [3.63, 3.8) is 0 Å². The first-order valence-electron chi connectivity index (χ1n) is 5.86. The van der Waals surface area contributed by atoms with Crippen molar-refractivity contribution >= 4 is 46.9 Å². The van der Waals surface area contributed by atoms with Gasteiger partial charge in [0.15, 0.2) is 0 Å². The fourth-order valence-electron chi connectivity index (χ4n) is 1.83. The molecule has 0 aliphatic carbocycles. The molecule has 0 radical (unpaired) electrons. The molecule has 110 valence electrons. The van der Waals surface area contributed by atoms with Crippen LogP contribution >= 0.6 is 23.2 Å². The lowest BCUT2D eigenvalue weighted by atomic mass is 10.3. The topological polar surface area (TPSA) is 69.7 Å². The molecule has 1 saturated heterocycles. The molecular weight excluding hydrogens is 317 g/mol. The summed E-state index contributed by atoms with van der Waals surface area (Å²) >= 11 is 11.7. The van der Waals surface area contributed by atoms with Crippen LogP contribution in [0.25, 0.3) is 0 Å². The summed E-state index contributed by atoms with van der Waals surface area (Å²) in [5, 5.41) is 2.93. The molecular formula is C13H11Cl2N3O3. The van der Waals surface area contributed by atoms with Crippen molar-refractivity contribution in [3.8, 4) is 0 Å². The molecule has 0 atom stereocenters. The van der Waals surface area contributed by atoms with Gasteiger partial charge in [-0.15, -0.1) is 0 Å². The lowest BCUT2D eigenvalue weighted by molar-refractivity contribution is -0.116. The molecule has 1 aliphatic heterocycles. The molecule has 1 aromatic rings. The van der Waals surface area contributed by atoms with E-state index in [0.717, 1.165) is 9.80 Å². The van der Waals surface area contributed by atoms with Crippen LogP contribution in [0.5, 0.6) is 0 Å². The zero-order chi connectivity index (χ0) is 15.7. The van der Waals surface area contributed by atoms with Gasteiger partial charge in [0.05, 0.1) is 5.69 Å². The molecule has 0 saturated carbocycles. The van der Waals surface area contributed by atoms with E-state index in [1.165, 1.54) is 18.2 Å². The number of halogens is 2. The molecule has 8 heteroatoms. The van der Waals surface area contributed by atoms with Crippen LogP contribution in [-0.4, -0.2) is 29.4 Å². The van der Waals surface area contributed by atoms with Gasteiger partial charge in [-0.1, -0.05) is 29.8 Å². The van der Waals surface area contributed by atoms with E-state index in [2.05, 4.69) is 11.9 Å². The molecule has 1 aromatic carbocycles. The third-order valence-corrected chi connectivity index (χ3v) is 3.07. The van der Waals surface area contributed by atoms with Gasteiger partial charge in [0, 0.05) is 15.7 Å². The fraction of sp³-hybridized carbons (Fsp3) is 0.154. The maximum absolute atomic E-state index is 12.2. The van der Waals surface area contributed by atoms with Crippen molar-refractivity contribution in [1.82, 2.24) is 10.2 Å². The maximum atomic E-state index is 12.2. The Labute approximate surface area is 130 Å². The first-order chi connectivity index (χ1) is 9.79. The highest BCUT2D eigenvalue weighted by Gasteiger charge is 2.40. The standard InChI is InChI=1S/C13H11Cl2N3O3/c1-7(2)16-12(20)17-6-11(19)18(13(17)21)10-4-8(14)3-9(15)5-10/h3-5H,1,6H2,2H3,(H,16,20). The highest BCUT2D eigenvalue weighted by atomic mass is 35.5. The number of rotatable bonds is 2. The lowest BCUT2D eigenvalue weighted by Gasteiger charge is -2.16. The van der Waals surface area contributed by atoms with Gasteiger partial charge in [0.1, 0.15) is 6.54 Å². The number of amides is 5. The molecule has 2 rings (SSSR count). The van der Waals surface area contributed by atoms with Gasteiger partial charge >= 0.3 is 12.1 Å². The van der Waals surface area contributed by atoms with Crippen LogP contribution < -0.4 is 10.2 Å². The van der Waals surface area contributed by atoms with Gasteiger partial charge in [-0.05, 0) is 25.1 Å². The monoisotopic (exact) mass is 327 g/mol. The Balaban J connectivity index is 2.30. The summed E-state index contributed by atoms with van der Waals surface area (Å²) in [7, 11) is 0. The number of hydrogen-bond donors (Lipinski definition) is 1. The van der Waals surface area contributed by atoms with Crippen LogP contribution in [0, 0.1) is 0 Å². The van der Waals surface area contributed by atoms with Crippen molar-refractivity contribution in [2.45, 2.75) is 6.92 Å². The van der Waals surface area contributed by atoms with E-state index in [0.29, 0.717) is 5.70 Å². The Kier molecular flexibility index (Phi) is 4.20. The van der Waals surface area contributed by atoms with Gasteiger partial charge in [-0.25, -0.2) is 19.4 Å². The molecule has 0 aromatic heterocycles. The van der Waals surface area contributed by atoms with E-state index >= 15 is 0 Å². The normalized spacial score (nSPS) is 14.6. The van der Waals surface area contributed by atoms with Crippen LogP contribution in [0.1, 0.15) is 6.92 Å². The predicted octanol–water partition coefficient (Wildman–Crippen LogP) is 3.01. The maximum Gasteiger partial charge on any atom is 0.340 e. The molecule has 6 nitrogen and oxygen atoms in total. The Morgan fingerprint density at radius 2 is 1.81 bits per heavy atom. The number of anilines is 1. The van der Waals surface area contributed by atoms with Gasteiger partial charge in [-0.2, -0.15) is 0 Å². The summed E-state index contributed by atoms with van der Waals surface area (Å²) in [6.07, 6.45) is 0. The van der Waals surface area contributed by atoms with Crippen LogP contribution in [-0.2, 0) is 4.79 Å². The molecule has 0 spiro atoms. The largest absolute Gasteiger partial charge is 0.340 e. The number of carbonyl (C=O) groups is 3. The molecule has 1 aliphatic rings. The van der Waals surface area contributed by atoms with Gasteiger partial charge in [0.25, 0.3) is 5.91 Å². The van der Waals surface area contributed by atoms with Gasteiger partial charge in [0.2, 0.25) is 0 Å². The first-order valence-corrected chi connectivity index (χ1v) is 6.62. The number of allylic oxidation sites excluding steroid dienone is 1. The number of nitrogens with zero attached hydrogens (tertiary/aromatic N) is 2. The second kappa shape index (κ2) is 5.75. The number of nitrogens with one attached hydrogen (secondary N) is 1. The highest BCUT2D eigenvalue weighted by molar-refractivity contribution is 6.35. The molecule has 5 amide bonds. The Morgan fingerprint density at radius 3 is 2.33 bits per heavy atom.